The van der Waals surface area contributed by atoms with Crippen LogP contribution in [0.3, 0.4) is 0 Å². The number of aryl methyl sites for hydroxylation is 1. The van der Waals surface area contributed by atoms with E-state index < -0.39 is 0 Å². The average Bonchev–Trinajstić information content (AvgIpc) is 2.25. The molecule has 1 aromatic carbocycles. The molecule has 0 heterocycles. The Morgan fingerprint density at radius 3 is 2.59 bits per heavy atom. The van der Waals surface area contributed by atoms with Crippen LogP contribution in [0.15, 0.2) is 24.3 Å². The third-order valence-electron chi connectivity index (χ3n) is 2.60. The maximum Gasteiger partial charge on any atom is 0.251 e. The van der Waals surface area contributed by atoms with Crippen molar-refractivity contribution in [1.29, 1.82) is 0 Å². The minimum absolute atomic E-state index is 0.0105. The van der Waals surface area contributed by atoms with Crippen LogP contribution in [0.5, 0.6) is 0 Å². The molecule has 17 heavy (non-hydrogen) atoms. The Labute approximate surface area is 112 Å². The molecular weight excluding hydrogens is 278 g/mol. The van der Waals surface area contributed by atoms with Gasteiger partial charge in [-0.1, -0.05) is 48.0 Å². The maximum atomic E-state index is 11.9. The van der Waals surface area contributed by atoms with E-state index in [-0.39, 0.29) is 5.91 Å². The molecule has 1 amide bonds. The summed E-state index contributed by atoms with van der Waals surface area (Å²) in [6, 6.07) is 7.64. The Kier molecular flexibility index (Phi) is 5.69. The zero-order valence-corrected chi connectivity index (χ0v) is 12.3. The number of nitrogens with one attached hydrogen (secondary N) is 1. The summed E-state index contributed by atoms with van der Waals surface area (Å²) in [5.41, 5.74) is 1.77. The van der Waals surface area contributed by atoms with Gasteiger partial charge >= 0.3 is 0 Å². The van der Waals surface area contributed by atoms with Gasteiger partial charge in [0, 0.05) is 16.9 Å². The van der Waals surface area contributed by atoms with Crippen LogP contribution < -0.4 is 5.32 Å². The van der Waals surface area contributed by atoms with Crippen molar-refractivity contribution in [3.05, 3.63) is 35.4 Å². The van der Waals surface area contributed by atoms with Crippen molar-refractivity contribution in [1.82, 2.24) is 5.32 Å². The van der Waals surface area contributed by atoms with Gasteiger partial charge in [0.1, 0.15) is 0 Å². The predicted molar refractivity (Wildman–Crippen MR) is 75.7 cm³/mol. The van der Waals surface area contributed by atoms with Gasteiger partial charge in [0.2, 0.25) is 0 Å². The lowest BCUT2D eigenvalue weighted by atomic mass is 10.1. The molecule has 0 radical (unpaired) electrons. The predicted octanol–water partition coefficient (Wildman–Crippen LogP) is 3.53. The smallest absolute Gasteiger partial charge is 0.251 e. The summed E-state index contributed by atoms with van der Waals surface area (Å²) in [5, 5.41) is 2.96. The fraction of sp³-hybridized carbons (Fsp3) is 0.500. The Bertz CT molecular complexity index is 376. The molecule has 0 aliphatic rings. The molecule has 0 aliphatic heterocycles. The van der Waals surface area contributed by atoms with E-state index in [4.69, 9.17) is 0 Å². The zero-order valence-electron chi connectivity index (χ0n) is 10.7. The largest absolute Gasteiger partial charge is 0.351 e. The highest BCUT2D eigenvalue weighted by atomic mass is 79.9. The Hall–Kier alpha value is -0.830. The van der Waals surface area contributed by atoms with Gasteiger partial charge in [-0.05, 0) is 30.9 Å². The molecule has 0 aliphatic carbocycles. The molecule has 1 N–H and O–H groups in total. The van der Waals surface area contributed by atoms with E-state index >= 15 is 0 Å². The van der Waals surface area contributed by atoms with Crippen LogP contribution in [-0.4, -0.2) is 17.3 Å². The Morgan fingerprint density at radius 1 is 1.35 bits per heavy atom. The fourth-order valence-corrected chi connectivity index (χ4v) is 2.63. The standard InChI is InChI=1S/C14H20BrNO/c1-10(2)8-12(15)9-16-14(17)13-7-5-4-6-11(13)3/h4-7,10,12H,8-9H2,1-3H3,(H,16,17). The Morgan fingerprint density at radius 2 is 2.00 bits per heavy atom. The number of carbonyl (C=O) groups is 1. The summed E-state index contributed by atoms with van der Waals surface area (Å²) in [7, 11) is 0. The summed E-state index contributed by atoms with van der Waals surface area (Å²) in [6.07, 6.45) is 1.06. The maximum absolute atomic E-state index is 11.9. The molecule has 1 aromatic rings. The molecule has 94 valence electrons. The van der Waals surface area contributed by atoms with Gasteiger partial charge in [-0.2, -0.15) is 0 Å². The highest BCUT2D eigenvalue weighted by molar-refractivity contribution is 9.09. The lowest BCUT2D eigenvalue weighted by Crippen LogP contribution is -2.30. The Balaban J connectivity index is 2.48. The number of benzene rings is 1. The monoisotopic (exact) mass is 297 g/mol. The van der Waals surface area contributed by atoms with Crippen LogP contribution in [0.2, 0.25) is 0 Å². The topological polar surface area (TPSA) is 29.1 Å². The third-order valence-corrected chi connectivity index (χ3v) is 3.30. The van der Waals surface area contributed by atoms with E-state index in [1.165, 1.54) is 0 Å². The second-order valence-corrected chi connectivity index (χ2v) is 6.05. The molecular formula is C14H20BrNO. The van der Waals surface area contributed by atoms with Crippen molar-refractivity contribution in [2.45, 2.75) is 32.0 Å². The van der Waals surface area contributed by atoms with Crippen LogP contribution in [0.4, 0.5) is 0 Å². The van der Waals surface area contributed by atoms with Crippen molar-refractivity contribution >= 4 is 21.8 Å². The van der Waals surface area contributed by atoms with Gasteiger partial charge in [-0.3, -0.25) is 4.79 Å². The first-order chi connectivity index (χ1) is 8.00. The van der Waals surface area contributed by atoms with Crippen molar-refractivity contribution in [2.24, 2.45) is 5.92 Å². The molecule has 1 unspecified atom stereocenters. The number of hydrogen-bond donors (Lipinski definition) is 1. The van der Waals surface area contributed by atoms with Crippen LogP contribution in [-0.2, 0) is 0 Å². The van der Waals surface area contributed by atoms with Gasteiger partial charge in [-0.25, -0.2) is 0 Å². The number of halogens is 1. The molecule has 0 aromatic heterocycles. The van der Waals surface area contributed by atoms with Crippen LogP contribution in [0, 0.1) is 12.8 Å². The lowest BCUT2D eigenvalue weighted by Gasteiger charge is -2.13. The van der Waals surface area contributed by atoms with Gasteiger partial charge < -0.3 is 5.32 Å². The van der Waals surface area contributed by atoms with Crippen LogP contribution in [0.1, 0.15) is 36.2 Å². The first-order valence-corrected chi connectivity index (χ1v) is 6.90. The molecule has 0 fully saturated rings. The summed E-state index contributed by atoms with van der Waals surface area (Å²) in [6.45, 7) is 6.98. The SMILES string of the molecule is Cc1ccccc1C(=O)NCC(Br)CC(C)C. The molecule has 0 bridgehead atoms. The molecule has 0 saturated carbocycles. The van der Waals surface area contributed by atoms with E-state index in [1.807, 2.05) is 31.2 Å². The van der Waals surface area contributed by atoms with E-state index in [2.05, 4.69) is 35.1 Å². The summed E-state index contributed by atoms with van der Waals surface area (Å²) >= 11 is 3.58. The number of amides is 1. The molecule has 1 atom stereocenters. The van der Waals surface area contributed by atoms with Gasteiger partial charge in [-0.15, -0.1) is 0 Å². The van der Waals surface area contributed by atoms with Gasteiger partial charge in [0.15, 0.2) is 0 Å². The van der Waals surface area contributed by atoms with Gasteiger partial charge in [0.25, 0.3) is 5.91 Å². The molecule has 0 saturated heterocycles. The van der Waals surface area contributed by atoms with E-state index in [9.17, 15) is 4.79 Å². The number of hydrogen-bond acceptors (Lipinski definition) is 1. The molecule has 3 heteroatoms. The normalized spacial score (nSPS) is 12.5. The van der Waals surface area contributed by atoms with E-state index in [1.54, 1.807) is 0 Å². The highest BCUT2D eigenvalue weighted by Gasteiger charge is 2.11. The summed E-state index contributed by atoms with van der Waals surface area (Å²) < 4.78 is 0. The average molecular weight is 298 g/mol. The second kappa shape index (κ2) is 6.80. The second-order valence-electron chi connectivity index (χ2n) is 4.75. The number of rotatable bonds is 5. The minimum atomic E-state index is 0.0105. The quantitative estimate of drug-likeness (QED) is 0.828. The van der Waals surface area contributed by atoms with Crippen LogP contribution in [0.25, 0.3) is 0 Å². The summed E-state index contributed by atoms with van der Waals surface area (Å²) in [5.74, 6) is 0.644. The minimum Gasteiger partial charge on any atom is -0.351 e. The summed E-state index contributed by atoms with van der Waals surface area (Å²) in [4.78, 5) is 12.3. The third kappa shape index (κ3) is 4.90. The van der Waals surface area contributed by atoms with E-state index in [0.29, 0.717) is 17.3 Å². The first kappa shape index (κ1) is 14.2. The van der Waals surface area contributed by atoms with Crippen molar-refractivity contribution in [3.63, 3.8) is 0 Å². The molecule has 0 spiro atoms. The number of carbonyl (C=O) groups excluding carboxylic acids is 1. The highest BCUT2D eigenvalue weighted by Crippen LogP contribution is 2.12. The zero-order chi connectivity index (χ0) is 12.8. The lowest BCUT2D eigenvalue weighted by molar-refractivity contribution is 0.0952. The first-order valence-electron chi connectivity index (χ1n) is 5.98. The van der Waals surface area contributed by atoms with Crippen molar-refractivity contribution < 1.29 is 4.79 Å². The molecule has 2 nitrogen and oxygen atoms in total. The number of alkyl halides is 1. The van der Waals surface area contributed by atoms with E-state index in [0.717, 1.165) is 17.5 Å². The van der Waals surface area contributed by atoms with Gasteiger partial charge in [0.05, 0.1) is 0 Å². The molecule has 1 rings (SSSR count). The van der Waals surface area contributed by atoms with Crippen molar-refractivity contribution in [3.8, 4) is 0 Å². The van der Waals surface area contributed by atoms with Crippen molar-refractivity contribution in [2.75, 3.05) is 6.54 Å². The fourth-order valence-electron chi connectivity index (χ4n) is 1.72. The van der Waals surface area contributed by atoms with Crippen LogP contribution >= 0.6 is 15.9 Å².